The van der Waals surface area contributed by atoms with Crippen molar-refractivity contribution in [3.8, 4) is 11.5 Å². The molecule has 4 heteroatoms. The number of rotatable bonds is 8. The van der Waals surface area contributed by atoms with Gasteiger partial charge in [0.2, 0.25) is 0 Å². The number of aryl methyl sites for hydroxylation is 2. The van der Waals surface area contributed by atoms with Crippen molar-refractivity contribution < 1.29 is 14.3 Å². The second-order valence-corrected chi connectivity index (χ2v) is 6.86. The standard InChI is InChI=1S/C22H29NO3/c1-15(2)19-8-6-7-9-20(19)26-18(5)22(24)23-12-13-25-21-14-16(3)10-11-17(21)4/h6-11,14-15,18H,12-13H2,1-5H3,(H,23,24)/t18-/m0/s1. The Balaban J connectivity index is 1.81. The molecule has 1 atom stereocenters. The molecule has 0 fully saturated rings. The number of ether oxygens (including phenoxy) is 2. The van der Waals surface area contributed by atoms with Gasteiger partial charge in [0.05, 0.1) is 6.54 Å². The van der Waals surface area contributed by atoms with Gasteiger partial charge in [-0.25, -0.2) is 0 Å². The number of hydrogen-bond acceptors (Lipinski definition) is 3. The van der Waals surface area contributed by atoms with Crippen LogP contribution in [-0.4, -0.2) is 25.2 Å². The minimum atomic E-state index is -0.560. The molecule has 2 rings (SSSR count). The average molecular weight is 355 g/mol. The highest BCUT2D eigenvalue weighted by molar-refractivity contribution is 5.80. The Labute approximate surface area is 156 Å². The Morgan fingerprint density at radius 3 is 2.50 bits per heavy atom. The second-order valence-electron chi connectivity index (χ2n) is 6.86. The zero-order valence-electron chi connectivity index (χ0n) is 16.3. The lowest BCUT2D eigenvalue weighted by Gasteiger charge is -2.19. The molecule has 0 bridgehead atoms. The molecule has 0 aromatic heterocycles. The van der Waals surface area contributed by atoms with Crippen LogP contribution in [0.3, 0.4) is 0 Å². The van der Waals surface area contributed by atoms with E-state index in [4.69, 9.17) is 9.47 Å². The molecule has 1 amide bonds. The number of hydrogen-bond donors (Lipinski definition) is 1. The lowest BCUT2D eigenvalue weighted by molar-refractivity contribution is -0.127. The first kappa shape index (κ1) is 19.8. The molecule has 0 saturated carbocycles. The number of nitrogens with one attached hydrogen (secondary N) is 1. The van der Waals surface area contributed by atoms with Crippen LogP contribution in [-0.2, 0) is 4.79 Å². The summed E-state index contributed by atoms with van der Waals surface area (Å²) in [7, 11) is 0. The van der Waals surface area contributed by atoms with Crippen LogP contribution in [0.25, 0.3) is 0 Å². The number of carbonyl (C=O) groups excluding carboxylic acids is 1. The Kier molecular flexibility index (Phi) is 7.07. The Morgan fingerprint density at radius 2 is 1.77 bits per heavy atom. The van der Waals surface area contributed by atoms with Gasteiger partial charge in [-0.2, -0.15) is 0 Å². The minimum Gasteiger partial charge on any atom is -0.491 e. The van der Waals surface area contributed by atoms with Crippen molar-refractivity contribution in [2.45, 2.75) is 46.6 Å². The molecule has 2 aromatic carbocycles. The van der Waals surface area contributed by atoms with Crippen molar-refractivity contribution >= 4 is 5.91 Å². The fraction of sp³-hybridized carbons (Fsp3) is 0.409. The summed E-state index contributed by atoms with van der Waals surface area (Å²) in [4.78, 5) is 12.3. The van der Waals surface area contributed by atoms with Crippen LogP contribution in [0.15, 0.2) is 42.5 Å². The molecular formula is C22H29NO3. The summed E-state index contributed by atoms with van der Waals surface area (Å²) in [5.41, 5.74) is 3.34. The summed E-state index contributed by atoms with van der Waals surface area (Å²) in [6, 6.07) is 13.9. The normalized spacial score (nSPS) is 11.9. The molecule has 0 unspecified atom stereocenters. The van der Waals surface area contributed by atoms with E-state index in [9.17, 15) is 4.79 Å². The third kappa shape index (κ3) is 5.51. The van der Waals surface area contributed by atoms with Gasteiger partial charge in [0.15, 0.2) is 6.10 Å². The first-order chi connectivity index (χ1) is 12.4. The van der Waals surface area contributed by atoms with E-state index in [1.165, 1.54) is 0 Å². The predicted octanol–water partition coefficient (Wildman–Crippen LogP) is 4.39. The first-order valence-electron chi connectivity index (χ1n) is 9.12. The summed E-state index contributed by atoms with van der Waals surface area (Å²) in [5.74, 6) is 1.81. The lowest BCUT2D eigenvalue weighted by atomic mass is 10.0. The van der Waals surface area contributed by atoms with Crippen LogP contribution in [0.5, 0.6) is 11.5 Å². The maximum atomic E-state index is 12.3. The van der Waals surface area contributed by atoms with E-state index in [1.807, 2.05) is 50.2 Å². The van der Waals surface area contributed by atoms with Gasteiger partial charge >= 0.3 is 0 Å². The summed E-state index contributed by atoms with van der Waals surface area (Å²) in [5, 5.41) is 2.87. The van der Waals surface area contributed by atoms with Crippen LogP contribution < -0.4 is 14.8 Å². The van der Waals surface area contributed by atoms with E-state index in [-0.39, 0.29) is 5.91 Å². The van der Waals surface area contributed by atoms with E-state index in [0.29, 0.717) is 19.1 Å². The van der Waals surface area contributed by atoms with Gasteiger partial charge < -0.3 is 14.8 Å². The fourth-order valence-corrected chi connectivity index (χ4v) is 2.65. The summed E-state index contributed by atoms with van der Waals surface area (Å²) >= 11 is 0. The molecule has 26 heavy (non-hydrogen) atoms. The molecule has 2 aromatic rings. The molecule has 140 valence electrons. The van der Waals surface area contributed by atoms with Gasteiger partial charge in [0.25, 0.3) is 5.91 Å². The molecule has 0 heterocycles. The number of benzene rings is 2. The van der Waals surface area contributed by atoms with Crippen LogP contribution in [0, 0.1) is 13.8 Å². The van der Waals surface area contributed by atoms with Crippen molar-refractivity contribution in [1.29, 1.82) is 0 Å². The maximum Gasteiger partial charge on any atom is 0.260 e. The Bertz CT molecular complexity index is 740. The molecular weight excluding hydrogens is 326 g/mol. The molecule has 0 spiro atoms. The quantitative estimate of drug-likeness (QED) is 0.715. The topological polar surface area (TPSA) is 47.6 Å². The second kappa shape index (κ2) is 9.27. The summed E-state index contributed by atoms with van der Waals surface area (Å²) in [6.45, 7) is 10.9. The number of para-hydroxylation sites is 1. The minimum absolute atomic E-state index is 0.145. The highest BCUT2D eigenvalue weighted by Gasteiger charge is 2.16. The SMILES string of the molecule is Cc1ccc(C)c(OCCNC(=O)[C@H](C)Oc2ccccc2C(C)C)c1. The van der Waals surface area contributed by atoms with E-state index in [0.717, 1.165) is 28.2 Å². The van der Waals surface area contributed by atoms with E-state index >= 15 is 0 Å². The van der Waals surface area contributed by atoms with Gasteiger partial charge in [-0.05, 0) is 55.5 Å². The predicted molar refractivity (Wildman–Crippen MR) is 105 cm³/mol. The van der Waals surface area contributed by atoms with Crippen LogP contribution in [0.2, 0.25) is 0 Å². The third-order valence-electron chi connectivity index (χ3n) is 4.22. The third-order valence-corrected chi connectivity index (χ3v) is 4.22. The first-order valence-corrected chi connectivity index (χ1v) is 9.12. The number of amides is 1. The molecule has 4 nitrogen and oxygen atoms in total. The smallest absolute Gasteiger partial charge is 0.260 e. The van der Waals surface area contributed by atoms with E-state index < -0.39 is 6.10 Å². The molecule has 0 saturated heterocycles. The van der Waals surface area contributed by atoms with Crippen molar-refractivity contribution in [1.82, 2.24) is 5.32 Å². The highest BCUT2D eigenvalue weighted by Crippen LogP contribution is 2.26. The van der Waals surface area contributed by atoms with Crippen LogP contribution >= 0.6 is 0 Å². The van der Waals surface area contributed by atoms with Gasteiger partial charge in [-0.15, -0.1) is 0 Å². The Morgan fingerprint density at radius 1 is 1.04 bits per heavy atom. The lowest BCUT2D eigenvalue weighted by Crippen LogP contribution is -2.38. The van der Waals surface area contributed by atoms with E-state index in [1.54, 1.807) is 6.92 Å². The van der Waals surface area contributed by atoms with Crippen molar-refractivity contribution in [2.24, 2.45) is 0 Å². The van der Waals surface area contributed by atoms with Crippen molar-refractivity contribution in [2.75, 3.05) is 13.2 Å². The molecule has 1 N–H and O–H groups in total. The van der Waals surface area contributed by atoms with Crippen LogP contribution in [0.4, 0.5) is 0 Å². The maximum absolute atomic E-state index is 12.3. The number of carbonyl (C=O) groups is 1. The van der Waals surface area contributed by atoms with Crippen LogP contribution in [0.1, 0.15) is 43.4 Å². The van der Waals surface area contributed by atoms with Gasteiger partial charge in [0, 0.05) is 0 Å². The zero-order chi connectivity index (χ0) is 19.1. The van der Waals surface area contributed by atoms with Crippen molar-refractivity contribution in [3.05, 3.63) is 59.2 Å². The molecule has 0 aliphatic carbocycles. The van der Waals surface area contributed by atoms with Gasteiger partial charge in [0.1, 0.15) is 18.1 Å². The van der Waals surface area contributed by atoms with Gasteiger partial charge in [-0.3, -0.25) is 4.79 Å². The largest absolute Gasteiger partial charge is 0.491 e. The summed E-state index contributed by atoms with van der Waals surface area (Å²) in [6.07, 6.45) is -0.560. The monoisotopic (exact) mass is 355 g/mol. The average Bonchev–Trinajstić information content (AvgIpc) is 2.61. The zero-order valence-corrected chi connectivity index (χ0v) is 16.3. The molecule has 0 aliphatic rings. The fourth-order valence-electron chi connectivity index (χ4n) is 2.65. The Hall–Kier alpha value is -2.49. The molecule has 0 radical (unpaired) electrons. The molecule has 0 aliphatic heterocycles. The van der Waals surface area contributed by atoms with E-state index in [2.05, 4.69) is 25.2 Å². The van der Waals surface area contributed by atoms with Crippen molar-refractivity contribution in [3.63, 3.8) is 0 Å². The van der Waals surface area contributed by atoms with Gasteiger partial charge in [-0.1, -0.05) is 44.2 Å². The summed E-state index contributed by atoms with van der Waals surface area (Å²) < 4.78 is 11.6. The highest BCUT2D eigenvalue weighted by atomic mass is 16.5.